The number of aryl methyl sites for hydroxylation is 1. The minimum Gasteiger partial charge on any atom is -0.478 e. The molecule has 2 aromatic rings. The molecule has 2 N–H and O–H groups in total. The molecule has 0 saturated heterocycles. The van der Waals surface area contributed by atoms with Gasteiger partial charge in [-0.1, -0.05) is 24.3 Å². The fourth-order valence-corrected chi connectivity index (χ4v) is 3.24. The van der Waals surface area contributed by atoms with Crippen molar-refractivity contribution < 1.29 is 14.7 Å². The van der Waals surface area contributed by atoms with E-state index in [9.17, 15) is 9.59 Å². The lowest BCUT2D eigenvalue weighted by Crippen LogP contribution is -2.44. The van der Waals surface area contributed by atoms with Gasteiger partial charge in [-0.3, -0.25) is 9.69 Å². The molecule has 1 amide bonds. The average Bonchev–Trinajstić information content (AvgIpc) is 2.60. The molecule has 0 unspecified atom stereocenters. The van der Waals surface area contributed by atoms with Gasteiger partial charge >= 0.3 is 5.97 Å². The molecular weight excluding hydrogens is 316 g/mol. The Hall–Kier alpha value is -2.66. The van der Waals surface area contributed by atoms with Crippen LogP contribution in [0.15, 0.2) is 42.5 Å². The zero-order chi connectivity index (χ0) is 18.0. The largest absolute Gasteiger partial charge is 0.478 e. The summed E-state index contributed by atoms with van der Waals surface area (Å²) in [6.07, 6.45) is 0.945. The van der Waals surface area contributed by atoms with Gasteiger partial charge in [-0.15, -0.1) is 0 Å². The van der Waals surface area contributed by atoms with Crippen LogP contribution in [-0.2, 0) is 17.8 Å². The van der Waals surface area contributed by atoms with Gasteiger partial charge in [0.25, 0.3) is 0 Å². The number of hydrogen-bond donors (Lipinski definition) is 2. The lowest BCUT2D eigenvalue weighted by atomic mass is 9.98. The molecule has 1 aliphatic rings. The first kappa shape index (κ1) is 17.2. The number of carbonyl (C=O) groups is 2. The molecule has 2 aromatic carbocycles. The van der Waals surface area contributed by atoms with Crippen LogP contribution in [0.2, 0.25) is 0 Å². The standard InChI is InChI=1S/C20H22N2O3/c1-13-11-17(7-8-18(13)20(24)25)21-19(23)14(2)22-10-9-15-5-3-4-6-16(15)12-22/h3-8,11,14H,9-10,12H2,1-2H3,(H,21,23)(H,24,25)/t14-/m1/s1. The van der Waals surface area contributed by atoms with Crippen LogP contribution in [0, 0.1) is 6.92 Å². The molecule has 0 aliphatic carbocycles. The van der Waals surface area contributed by atoms with E-state index in [0.29, 0.717) is 11.3 Å². The first-order valence-electron chi connectivity index (χ1n) is 8.41. The van der Waals surface area contributed by atoms with E-state index in [2.05, 4.69) is 22.3 Å². The van der Waals surface area contributed by atoms with Crippen LogP contribution in [-0.4, -0.2) is 34.5 Å². The van der Waals surface area contributed by atoms with Crippen LogP contribution in [0.25, 0.3) is 0 Å². The van der Waals surface area contributed by atoms with Gasteiger partial charge in [0.2, 0.25) is 5.91 Å². The maximum absolute atomic E-state index is 12.6. The molecule has 5 nitrogen and oxygen atoms in total. The molecule has 5 heteroatoms. The predicted molar refractivity (Wildman–Crippen MR) is 96.8 cm³/mol. The average molecular weight is 338 g/mol. The van der Waals surface area contributed by atoms with Gasteiger partial charge in [0, 0.05) is 18.8 Å². The van der Waals surface area contributed by atoms with Crippen molar-refractivity contribution in [2.75, 3.05) is 11.9 Å². The molecule has 1 heterocycles. The lowest BCUT2D eigenvalue weighted by Gasteiger charge is -2.32. The van der Waals surface area contributed by atoms with Crippen LogP contribution in [0.1, 0.15) is 34.0 Å². The molecule has 1 aliphatic heterocycles. The minimum atomic E-state index is -0.962. The summed E-state index contributed by atoms with van der Waals surface area (Å²) in [6, 6.07) is 12.9. The van der Waals surface area contributed by atoms with Gasteiger partial charge in [0.15, 0.2) is 0 Å². The zero-order valence-electron chi connectivity index (χ0n) is 14.5. The molecular formula is C20H22N2O3. The monoisotopic (exact) mass is 338 g/mol. The number of fused-ring (bicyclic) bond motifs is 1. The lowest BCUT2D eigenvalue weighted by molar-refractivity contribution is -0.121. The van der Waals surface area contributed by atoms with Crippen molar-refractivity contribution in [3.63, 3.8) is 0 Å². The number of nitrogens with zero attached hydrogens (tertiary/aromatic N) is 1. The van der Waals surface area contributed by atoms with Crippen LogP contribution < -0.4 is 5.32 Å². The van der Waals surface area contributed by atoms with E-state index in [1.807, 2.05) is 19.1 Å². The van der Waals surface area contributed by atoms with Gasteiger partial charge in [0.1, 0.15) is 0 Å². The number of hydrogen-bond acceptors (Lipinski definition) is 3. The maximum Gasteiger partial charge on any atom is 0.335 e. The Morgan fingerprint density at radius 1 is 1.16 bits per heavy atom. The molecule has 3 rings (SSSR count). The number of aromatic carboxylic acids is 1. The molecule has 0 bridgehead atoms. The second kappa shape index (κ2) is 7.07. The van der Waals surface area contributed by atoms with Gasteiger partial charge < -0.3 is 10.4 Å². The van der Waals surface area contributed by atoms with E-state index in [4.69, 9.17) is 5.11 Å². The fourth-order valence-electron chi connectivity index (χ4n) is 3.24. The smallest absolute Gasteiger partial charge is 0.335 e. The Labute approximate surface area is 147 Å². The Kier molecular flexibility index (Phi) is 4.86. The van der Waals surface area contributed by atoms with Crippen molar-refractivity contribution >= 4 is 17.6 Å². The van der Waals surface area contributed by atoms with E-state index >= 15 is 0 Å². The molecule has 130 valence electrons. The Morgan fingerprint density at radius 3 is 2.56 bits per heavy atom. The predicted octanol–water partition coefficient (Wildman–Crippen LogP) is 3.08. The highest BCUT2D eigenvalue weighted by Crippen LogP contribution is 2.21. The maximum atomic E-state index is 12.6. The van der Waals surface area contributed by atoms with Crippen LogP contribution in [0.4, 0.5) is 5.69 Å². The second-order valence-corrected chi connectivity index (χ2v) is 6.49. The number of nitrogens with one attached hydrogen (secondary N) is 1. The van der Waals surface area contributed by atoms with Crippen molar-refractivity contribution in [2.45, 2.75) is 32.9 Å². The molecule has 25 heavy (non-hydrogen) atoms. The first-order chi connectivity index (χ1) is 12.0. The highest BCUT2D eigenvalue weighted by Gasteiger charge is 2.25. The van der Waals surface area contributed by atoms with Crippen molar-refractivity contribution in [2.24, 2.45) is 0 Å². The number of anilines is 1. The number of rotatable bonds is 4. The summed E-state index contributed by atoms with van der Waals surface area (Å²) in [5.74, 6) is -1.04. The number of carbonyl (C=O) groups excluding carboxylic acids is 1. The summed E-state index contributed by atoms with van der Waals surface area (Å²) in [7, 11) is 0. The highest BCUT2D eigenvalue weighted by molar-refractivity contribution is 5.96. The Morgan fingerprint density at radius 2 is 1.88 bits per heavy atom. The fraction of sp³-hybridized carbons (Fsp3) is 0.300. The number of amides is 1. The highest BCUT2D eigenvalue weighted by atomic mass is 16.4. The van der Waals surface area contributed by atoms with Crippen molar-refractivity contribution in [3.05, 3.63) is 64.7 Å². The van der Waals surface area contributed by atoms with E-state index in [-0.39, 0.29) is 17.5 Å². The van der Waals surface area contributed by atoms with Crippen molar-refractivity contribution in [1.29, 1.82) is 0 Å². The quantitative estimate of drug-likeness (QED) is 0.899. The molecule has 0 saturated carbocycles. The first-order valence-corrected chi connectivity index (χ1v) is 8.41. The summed E-state index contributed by atoms with van der Waals surface area (Å²) in [5.41, 5.74) is 4.13. The molecule has 0 radical (unpaired) electrons. The van der Waals surface area contributed by atoms with Crippen molar-refractivity contribution in [1.82, 2.24) is 4.90 Å². The SMILES string of the molecule is Cc1cc(NC(=O)[C@@H](C)N2CCc3ccccc3C2)ccc1C(=O)O. The molecule has 0 aromatic heterocycles. The normalized spacial score (nSPS) is 15.3. The number of carboxylic acid groups (broad SMARTS) is 1. The van der Waals surface area contributed by atoms with Gasteiger partial charge in [-0.2, -0.15) is 0 Å². The van der Waals surface area contributed by atoms with Crippen LogP contribution in [0.3, 0.4) is 0 Å². The van der Waals surface area contributed by atoms with Gasteiger partial charge in [-0.05, 0) is 55.2 Å². The van der Waals surface area contributed by atoms with Gasteiger partial charge in [-0.25, -0.2) is 4.79 Å². The third kappa shape index (κ3) is 3.72. The summed E-state index contributed by atoms with van der Waals surface area (Å²) in [5, 5.41) is 12.0. The molecule has 0 spiro atoms. The zero-order valence-corrected chi connectivity index (χ0v) is 14.5. The Bertz CT molecular complexity index is 816. The topological polar surface area (TPSA) is 69.6 Å². The van der Waals surface area contributed by atoms with Gasteiger partial charge in [0.05, 0.1) is 11.6 Å². The second-order valence-electron chi connectivity index (χ2n) is 6.49. The third-order valence-corrected chi connectivity index (χ3v) is 4.81. The summed E-state index contributed by atoms with van der Waals surface area (Å²) >= 11 is 0. The van der Waals surface area contributed by atoms with E-state index < -0.39 is 5.97 Å². The molecule has 0 fully saturated rings. The van der Waals surface area contributed by atoms with E-state index in [1.54, 1.807) is 19.1 Å². The number of benzene rings is 2. The third-order valence-electron chi connectivity index (χ3n) is 4.81. The van der Waals surface area contributed by atoms with Crippen LogP contribution in [0.5, 0.6) is 0 Å². The molecule has 1 atom stereocenters. The number of carboxylic acids is 1. The Balaban J connectivity index is 1.67. The van der Waals surface area contributed by atoms with E-state index in [0.717, 1.165) is 19.5 Å². The van der Waals surface area contributed by atoms with Crippen molar-refractivity contribution in [3.8, 4) is 0 Å². The van der Waals surface area contributed by atoms with E-state index in [1.165, 1.54) is 17.2 Å². The summed E-state index contributed by atoms with van der Waals surface area (Å²) in [4.78, 5) is 25.8. The van der Waals surface area contributed by atoms with Crippen LogP contribution >= 0.6 is 0 Å². The summed E-state index contributed by atoms with van der Waals surface area (Å²) < 4.78 is 0. The minimum absolute atomic E-state index is 0.0816. The summed E-state index contributed by atoms with van der Waals surface area (Å²) in [6.45, 7) is 5.25.